The summed E-state index contributed by atoms with van der Waals surface area (Å²) in [5.74, 6) is -0.992. The van der Waals surface area contributed by atoms with Gasteiger partial charge in [0.1, 0.15) is 6.54 Å². The molecule has 1 N–H and O–H groups in total. The fourth-order valence-corrected chi connectivity index (χ4v) is 3.06. The number of rotatable bonds is 7. The fourth-order valence-electron chi connectivity index (χ4n) is 2.33. The molecule has 2 rings (SSSR count). The number of aromatic nitrogens is 1. The normalized spacial score (nSPS) is 11.8. The largest absolute Gasteiger partial charge is 0.454 e. The first-order valence-corrected chi connectivity index (χ1v) is 8.97. The minimum atomic E-state index is -0.612. The highest BCUT2D eigenvalue weighted by Gasteiger charge is 2.14. The number of esters is 1. The van der Waals surface area contributed by atoms with E-state index in [0.717, 1.165) is 23.3 Å². The van der Waals surface area contributed by atoms with Crippen molar-refractivity contribution in [1.29, 1.82) is 0 Å². The lowest BCUT2D eigenvalue weighted by Gasteiger charge is -2.15. The van der Waals surface area contributed by atoms with Gasteiger partial charge in [-0.1, -0.05) is 42.5 Å². The second kappa shape index (κ2) is 8.62. The zero-order valence-corrected chi connectivity index (χ0v) is 15.4. The highest BCUT2D eigenvalue weighted by Crippen LogP contribution is 2.13. The summed E-state index contributed by atoms with van der Waals surface area (Å²) >= 11 is 1.03. The molecule has 0 bridgehead atoms. The molecule has 134 valence electrons. The Labute approximate surface area is 150 Å². The Kier molecular flexibility index (Phi) is 6.52. The molecule has 0 saturated heterocycles. The Balaban J connectivity index is 1.81. The first-order valence-electron chi connectivity index (χ1n) is 8.09. The van der Waals surface area contributed by atoms with Gasteiger partial charge in [-0.25, -0.2) is 0 Å². The van der Waals surface area contributed by atoms with Crippen molar-refractivity contribution in [1.82, 2.24) is 9.88 Å². The van der Waals surface area contributed by atoms with Crippen LogP contribution in [0.5, 0.6) is 0 Å². The van der Waals surface area contributed by atoms with Crippen LogP contribution in [0, 0.1) is 6.92 Å². The van der Waals surface area contributed by atoms with Crippen molar-refractivity contribution in [2.75, 3.05) is 6.61 Å². The molecule has 0 aliphatic carbocycles. The van der Waals surface area contributed by atoms with Gasteiger partial charge in [-0.15, -0.1) is 0 Å². The number of hydrogen-bond acceptors (Lipinski definition) is 5. The van der Waals surface area contributed by atoms with Crippen LogP contribution < -0.4 is 10.2 Å². The molecule has 6 nitrogen and oxygen atoms in total. The van der Waals surface area contributed by atoms with E-state index in [1.165, 1.54) is 10.1 Å². The van der Waals surface area contributed by atoms with Gasteiger partial charge in [0, 0.05) is 11.1 Å². The van der Waals surface area contributed by atoms with Crippen molar-refractivity contribution in [2.24, 2.45) is 0 Å². The number of thiazole rings is 1. The highest BCUT2D eigenvalue weighted by atomic mass is 32.1. The molecule has 1 heterocycles. The van der Waals surface area contributed by atoms with Crippen LogP contribution in [0.3, 0.4) is 0 Å². The predicted molar refractivity (Wildman–Crippen MR) is 96.7 cm³/mol. The molecule has 0 spiro atoms. The summed E-state index contributed by atoms with van der Waals surface area (Å²) in [6.07, 6.45) is 0.962. The first-order chi connectivity index (χ1) is 11.9. The summed E-state index contributed by atoms with van der Waals surface area (Å²) in [7, 11) is 0. The highest BCUT2D eigenvalue weighted by molar-refractivity contribution is 7.07. The smallest absolute Gasteiger partial charge is 0.326 e. The average molecular weight is 362 g/mol. The summed E-state index contributed by atoms with van der Waals surface area (Å²) in [6, 6.07) is 7.82. The Bertz CT molecular complexity index is 792. The maximum absolute atomic E-state index is 11.9. The number of amides is 1. The van der Waals surface area contributed by atoms with Crippen LogP contribution in [-0.2, 0) is 27.3 Å². The molecular formula is C18H22N2O4S. The molecule has 0 radical (unpaired) electrons. The third-order valence-electron chi connectivity index (χ3n) is 3.89. The van der Waals surface area contributed by atoms with Gasteiger partial charge in [0.2, 0.25) is 0 Å². The molecule has 2 aromatic rings. The molecule has 0 unspecified atom stereocenters. The Morgan fingerprint density at radius 2 is 1.96 bits per heavy atom. The lowest BCUT2D eigenvalue weighted by atomic mass is 10.1. The van der Waals surface area contributed by atoms with E-state index in [4.69, 9.17) is 4.74 Å². The standard InChI is InChI=1S/C18H22N2O4S/c1-4-14-5-7-15(8-6-14)13(3)19-16(21)10-24-17(22)9-20-12(2)11-25-18(20)23/h5-8,11,13H,4,9-10H2,1-3H3,(H,19,21)/t13-/m1/s1. The second-order valence-corrected chi connectivity index (χ2v) is 6.59. The number of benzene rings is 1. The SMILES string of the molecule is CCc1ccc([C@@H](C)NC(=O)COC(=O)Cn2c(C)csc2=O)cc1. The second-order valence-electron chi connectivity index (χ2n) is 5.77. The number of carbonyl (C=O) groups is 2. The van der Waals surface area contributed by atoms with Crippen LogP contribution >= 0.6 is 11.3 Å². The summed E-state index contributed by atoms with van der Waals surface area (Å²) in [6.45, 7) is 5.14. The molecule has 25 heavy (non-hydrogen) atoms. The Morgan fingerprint density at radius 1 is 1.28 bits per heavy atom. The van der Waals surface area contributed by atoms with Crippen molar-refractivity contribution in [3.05, 3.63) is 56.1 Å². The fraction of sp³-hybridized carbons (Fsp3) is 0.389. The van der Waals surface area contributed by atoms with Crippen LogP contribution in [-0.4, -0.2) is 23.1 Å². The van der Waals surface area contributed by atoms with E-state index in [-0.39, 0.29) is 30.0 Å². The maximum Gasteiger partial charge on any atom is 0.326 e. The van der Waals surface area contributed by atoms with E-state index >= 15 is 0 Å². The van der Waals surface area contributed by atoms with E-state index in [0.29, 0.717) is 5.69 Å². The monoisotopic (exact) mass is 362 g/mol. The number of nitrogens with zero attached hydrogens (tertiary/aromatic N) is 1. The third-order valence-corrected chi connectivity index (χ3v) is 4.77. The van der Waals surface area contributed by atoms with Crippen molar-refractivity contribution in [2.45, 2.75) is 39.8 Å². The van der Waals surface area contributed by atoms with Crippen LogP contribution in [0.4, 0.5) is 0 Å². The van der Waals surface area contributed by atoms with Crippen LogP contribution in [0.15, 0.2) is 34.4 Å². The van der Waals surface area contributed by atoms with Gasteiger partial charge in [-0.05, 0) is 31.4 Å². The molecule has 1 amide bonds. The zero-order valence-electron chi connectivity index (χ0n) is 14.6. The first kappa shape index (κ1) is 18.9. The molecule has 1 atom stereocenters. The van der Waals surface area contributed by atoms with Gasteiger partial charge < -0.3 is 10.1 Å². The van der Waals surface area contributed by atoms with Crippen molar-refractivity contribution in [3.8, 4) is 0 Å². The number of carbonyl (C=O) groups excluding carboxylic acids is 2. The van der Waals surface area contributed by atoms with Crippen molar-refractivity contribution >= 4 is 23.2 Å². The minimum absolute atomic E-state index is 0.182. The lowest BCUT2D eigenvalue weighted by molar-refractivity contribution is -0.149. The van der Waals surface area contributed by atoms with Crippen LogP contribution in [0.2, 0.25) is 0 Å². The molecule has 0 saturated carbocycles. The number of ether oxygens (including phenoxy) is 1. The van der Waals surface area contributed by atoms with E-state index in [1.54, 1.807) is 12.3 Å². The topological polar surface area (TPSA) is 77.4 Å². The number of nitrogens with one attached hydrogen (secondary N) is 1. The van der Waals surface area contributed by atoms with Gasteiger partial charge in [0.15, 0.2) is 6.61 Å². The Morgan fingerprint density at radius 3 is 2.52 bits per heavy atom. The summed E-state index contributed by atoms with van der Waals surface area (Å²) in [5, 5.41) is 4.46. The summed E-state index contributed by atoms with van der Waals surface area (Å²) < 4.78 is 6.28. The lowest BCUT2D eigenvalue weighted by Crippen LogP contribution is -2.32. The zero-order chi connectivity index (χ0) is 18.4. The molecule has 0 aliphatic rings. The molecule has 0 fully saturated rings. The van der Waals surface area contributed by atoms with E-state index in [9.17, 15) is 14.4 Å². The molecule has 7 heteroatoms. The quantitative estimate of drug-likeness (QED) is 0.766. The Hall–Kier alpha value is -2.41. The van der Waals surface area contributed by atoms with Crippen molar-refractivity contribution in [3.63, 3.8) is 0 Å². The number of aryl methyl sites for hydroxylation is 2. The van der Waals surface area contributed by atoms with Crippen molar-refractivity contribution < 1.29 is 14.3 Å². The van der Waals surface area contributed by atoms with E-state index < -0.39 is 5.97 Å². The predicted octanol–water partition coefficient (Wildman–Crippen LogP) is 2.20. The molecule has 1 aromatic heterocycles. The van der Waals surface area contributed by atoms with Gasteiger partial charge in [-0.3, -0.25) is 19.0 Å². The number of hydrogen-bond donors (Lipinski definition) is 1. The summed E-state index contributed by atoms with van der Waals surface area (Å²) in [5.41, 5.74) is 2.91. The molecular weight excluding hydrogens is 340 g/mol. The average Bonchev–Trinajstić information content (AvgIpc) is 2.92. The van der Waals surface area contributed by atoms with E-state index in [1.807, 2.05) is 31.2 Å². The molecule has 0 aliphatic heterocycles. The van der Waals surface area contributed by atoms with Crippen LogP contribution in [0.1, 0.15) is 36.7 Å². The van der Waals surface area contributed by atoms with Crippen LogP contribution in [0.25, 0.3) is 0 Å². The minimum Gasteiger partial charge on any atom is -0.454 e. The third kappa shape index (κ3) is 5.29. The van der Waals surface area contributed by atoms with Gasteiger partial charge in [0.05, 0.1) is 6.04 Å². The van der Waals surface area contributed by atoms with Gasteiger partial charge in [0.25, 0.3) is 5.91 Å². The van der Waals surface area contributed by atoms with Gasteiger partial charge in [-0.2, -0.15) is 0 Å². The van der Waals surface area contributed by atoms with E-state index in [2.05, 4.69) is 12.2 Å². The maximum atomic E-state index is 11.9. The summed E-state index contributed by atoms with van der Waals surface area (Å²) in [4.78, 5) is 35.1. The van der Waals surface area contributed by atoms with Gasteiger partial charge >= 0.3 is 10.8 Å². The molecule has 1 aromatic carbocycles.